The van der Waals surface area contributed by atoms with E-state index in [2.05, 4.69) is 13.8 Å². The Morgan fingerprint density at radius 1 is 0.482 bits per heavy atom. The van der Waals surface area contributed by atoms with Crippen molar-refractivity contribution >= 4 is 13.8 Å². The molecule has 0 radical (unpaired) electrons. The first-order valence-electron chi connectivity index (χ1n) is 24.0. The smallest absolute Gasteiger partial charge is 0.457 e. The van der Waals surface area contributed by atoms with E-state index in [0.29, 0.717) is 6.61 Å². The van der Waals surface area contributed by atoms with E-state index in [4.69, 9.17) is 23.6 Å². The van der Waals surface area contributed by atoms with Crippen LogP contribution < -0.4 is 0 Å². The summed E-state index contributed by atoms with van der Waals surface area (Å²) in [5, 5.41) is 18.4. The van der Waals surface area contributed by atoms with Crippen LogP contribution in [0.15, 0.2) is 0 Å². The van der Waals surface area contributed by atoms with Crippen LogP contribution in [0.3, 0.4) is 0 Å². The van der Waals surface area contributed by atoms with Crippen LogP contribution in [0.2, 0.25) is 0 Å². The number of aliphatic hydroxyl groups is 2. The van der Waals surface area contributed by atoms with Gasteiger partial charge in [0.2, 0.25) is 0 Å². The number of phosphoric acid groups is 1. The van der Waals surface area contributed by atoms with Crippen LogP contribution in [0.25, 0.3) is 0 Å². The van der Waals surface area contributed by atoms with Crippen molar-refractivity contribution in [3.05, 3.63) is 0 Å². The van der Waals surface area contributed by atoms with E-state index in [0.717, 1.165) is 32.1 Å². The lowest BCUT2D eigenvalue weighted by Crippen LogP contribution is -2.29. The number of ether oxygens (including phenoxy) is 2. The molecule has 0 aliphatic carbocycles. The quantitative estimate of drug-likeness (QED) is 0.0312. The molecule has 0 rings (SSSR count). The van der Waals surface area contributed by atoms with Crippen molar-refractivity contribution in [3.63, 3.8) is 0 Å². The third kappa shape index (κ3) is 43.0. The lowest BCUT2D eigenvalue weighted by Gasteiger charge is -2.20. The zero-order chi connectivity index (χ0) is 41.1. The molecule has 9 nitrogen and oxygen atoms in total. The third-order valence-electron chi connectivity index (χ3n) is 10.8. The van der Waals surface area contributed by atoms with Gasteiger partial charge >= 0.3 is 13.8 Å². The minimum atomic E-state index is -4.51. The van der Waals surface area contributed by atoms with Crippen LogP contribution in [-0.2, 0) is 27.9 Å². The summed E-state index contributed by atoms with van der Waals surface area (Å²) in [6, 6.07) is 0. The van der Waals surface area contributed by atoms with E-state index >= 15 is 0 Å². The Morgan fingerprint density at radius 3 is 1.16 bits per heavy atom. The number of carbonyl (C=O) groups excluding carboxylic acids is 1. The van der Waals surface area contributed by atoms with E-state index in [1.807, 2.05) is 0 Å². The van der Waals surface area contributed by atoms with Gasteiger partial charge in [0.1, 0.15) is 12.2 Å². The van der Waals surface area contributed by atoms with Gasteiger partial charge in [-0.1, -0.05) is 226 Å². The van der Waals surface area contributed by atoms with Crippen molar-refractivity contribution in [2.45, 2.75) is 257 Å². The lowest BCUT2D eigenvalue weighted by atomic mass is 10.0. The molecule has 0 bridgehead atoms. The topological polar surface area (TPSA) is 132 Å². The number of hydrogen-bond acceptors (Lipinski definition) is 8. The predicted octanol–water partition coefficient (Wildman–Crippen LogP) is 13.5. The summed E-state index contributed by atoms with van der Waals surface area (Å²) in [5.74, 6) is -0.374. The molecule has 3 atom stereocenters. The van der Waals surface area contributed by atoms with Crippen molar-refractivity contribution in [1.29, 1.82) is 0 Å². The van der Waals surface area contributed by atoms with E-state index in [1.165, 1.54) is 193 Å². The second kappa shape index (κ2) is 44.0. The standard InChI is InChI=1S/C46H93O9P/c1-3-5-7-9-11-13-15-17-19-21-23-25-27-29-31-33-35-37-39-52-42-45(43-54-56(50,51)53-41-44(48)40-47)55-46(49)38-36-34-32-30-28-26-24-22-20-18-16-14-12-10-8-6-4-2/h44-45,47-48H,3-43H2,1-2H3,(H,50,51)/t44-,45+/m0/s1. The fourth-order valence-corrected chi connectivity index (χ4v) is 7.91. The van der Waals surface area contributed by atoms with Crippen LogP contribution in [-0.4, -0.2) is 66.3 Å². The van der Waals surface area contributed by atoms with E-state index < -0.39 is 33.2 Å². The monoisotopic (exact) mass is 821 g/mol. The number of hydrogen-bond donors (Lipinski definition) is 3. The average Bonchev–Trinajstić information content (AvgIpc) is 3.19. The molecular formula is C46H93O9P. The maximum Gasteiger partial charge on any atom is 0.472 e. The van der Waals surface area contributed by atoms with E-state index in [9.17, 15) is 19.4 Å². The highest BCUT2D eigenvalue weighted by Crippen LogP contribution is 2.43. The molecule has 0 aromatic carbocycles. The second-order valence-corrected chi connectivity index (χ2v) is 18.0. The van der Waals surface area contributed by atoms with Crippen LogP contribution >= 0.6 is 7.82 Å². The maximum absolute atomic E-state index is 12.6. The Hall–Kier alpha value is -0.540. The zero-order valence-electron chi connectivity index (χ0n) is 36.9. The van der Waals surface area contributed by atoms with Gasteiger partial charge in [0, 0.05) is 13.0 Å². The number of phosphoric ester groups is 1. The first kappa shape index (κ1) is 55.5. The molecule has 0 aliphatic heterocycles. The Morgan fingerprint density at radius 2 is 0.804 bits per heavy atom. The number of rotatable bonds is 47. The van der Waals surface area contributed by atoms with Gasteiger partial charge in [-0.25, -0.2) is 4.57 Å². The van der Waals surface area contributed by atoms with Crippen molar-refractivity contribution < 1.29 is 43.0 Å². The summed E-state index contributed by atoms with van der Waals surface area (Å²) in [6.45, 7) is 3.59. The van der Waals surface area contributed by atoms with Crippen molar-refractivity contribution in [2.75, 3.05) is 33.0 Å². The summed E-state index contributed by atoms with van der Waals surface area (Å²) < 4.78 is 33.5. The highest BCUT2D eigenvalue weighted by Gasteiger charge is 2.26. The van der Waals surface area contributed by atoms with Crippen molar-refractivity contribution in [2.24, 2.45) is 0 Å². The number of carbonyl (C=O) groups is 1. The molecule has 0 heterocycles. The highest BCUT2D eigenvalue weighted by molar-refractivity contribution is 7.47. The summed E-state index contributed by atoms with van der Waals surface area (Å²) in [7, 11) is -4.51. The summed E-state index contributed by atoms with van der Waals surface area (Å²) in [4.78, 5) is 22.6. The zero-order valence-corrected chi connectivity index (χ0v) is 37.8. The SMILES string of the molecule is CCCCCCCCCCCCCCCCCCCCOC[C@H](COP(=O)(O)OC[C@@H](O)CO)OC(=O)CCCCCCCCCCCCCCCCCCC. The molecule has 0 saturated carbocycles. The Kier molecular flexibility index (Phi) is 43.6. The van der Waals surface area contributed by atoms with Gasteiger partial charge in [0.15, 0.2) is 0 Å². The highest BCUT2D eigenvalue weighted by atomic mass is 31.2. The molecule has 0 saturated heterocycles. The molecule has 336 valence electrons. The molecule has 0 spiro atoms. The molecule has 1 unspecified atom stereocenters. The molecule has 0 amide bonds. The summed E-state index contributed by atoms with van der Waals surface area (Å²) in [6.07, 6.45) is 43.5. The molecule has 3 N–H and O–H groups in total. The number of esters is 1. The molecule has 56 heavy (non-hydrogen) atoms. The Bertz CT molecular complexity index is 845. The predicted molar refractivity (Wildman–Crippen MR) is 233 cm³/mol. The normalized spacial score (nSPS) is 13.9. The lowest BCUT2D eigenvalue weighted by molar-refractivity contribution is -0.154. The molecule has 10 heteroatoms. The van der Waals surface area contributed by atoms with Gasteiger partial charge in [0.25, 0.3) is 0 Å². The molecule has 0 aromatic rings. The van der Waals surface area contributed by atoms with Crippen molar-refractivity contribution in [1.82, 2.24) is 0 Å². The first-order valence-corrected chi connectivity index (χ1v) is 25.5. The molecular weight excluding hydrogens is 727 g/mol. The van der Waals surface area contributed by atoms with Gasteiger partial charge in [-0.3, -0.25) is 13.8 Å². The minimum Gasteiger partial charge on any atom is -0.457 e. The van der Waals surface area contributed by atoms with Gasteiger partial charge in [-0.2, -0.15) is 0 Å². The average molecular weight is 821 g/mol. The largest absolute Gasteiger partial charge is 0.472 e. The summed E-state index contributed by atoms with van der Waals surface area (Å²) >= 11 is 0. The third-order valence-corrected chi connectivity index (χ3v) is 11.7. The fourth-order valence-electron chi connectivity index (χ4n) is 7.12. The van der Waals surface area contributed by atoms with E-state index in [1.54, 1.807) is 0 Å². The van der Waals surface area contributed by atoms with Crippen LogP contribution in [0.1, 0.15) is 245 Å². The molecule has 0 fully saturated rings. The fraction of sp³-hybridized carbons (Fsp3) is 0.978. The number of unbranched alkanes of at least 4 members (excludes halogenated alkanes) is 33. The van der Waals surface area contributed by atoms with Crippen LogP contribution in [0, 0.1) is 0 Å². The van der Waals surface area contributed by atoms with Crippen LogP contribution in [0.4, 0.5) is 0 Å². The Balaban J connectivity index is 4.06. The Labute approximate surface area is 346 Å². The number of aliphatic hydroxyl groups excluding tert-OH is 2. The van der Waals surface area contributed by atoms with Gasteiger partial charge < -0.3 is 24.6 Å². The van der Waals surface area contributed by atoms with Gasteiger partial charge in [-0.05, 0) is 12.8 Å². The second-order valence-electron chi connectivity index (χ2n) is 16.5. The van der Waals surface area contributed by atoms with E-state index in [-0.39, 0.29) is 25.6 Å². The van der Waals surface area contributed by atoms with Crippen LogP contribution in [0.5, 0.6) is 0 Å². The minimum absolute atomic E-state index is 0.0585. The molecule has 0 aliphatic rings. The van der Waals surface area contributed by atoms with Gasteiger partial charge in [-0.15, -0.1) is 0 Å². The first-order chi connectivity index (χ1) is 27.3. The maximum atomic E-state index is 12.6. The van der Waals surface area contributed by atoms with Gasteiger partial charge in [0.05, 0.1) is 26.4 Å². The molecule has 0 aromatic heterocycles. The van der Waals surface area contributed by atoms with Crippen molar-refractivity contribution in [3.8, 4) is 0 Å². The summed E-state index contributed by atoms with van der Waals surface area (Å²) in [5.41, 5.74) is 0.